The van der Waals surface area contributed by atoms with Gasteiger partial charge in [-0.1, -0.05) is 18.2 Å². The summed E-state index contributed by atoms with van der Waals surface area (Å²) in [5.74, 6) is 0.181. The summed E-state index contributed by atoms with van der Waals surface area (Å²) in [5, 5.41) is 13.9. The van der Waals surface area contributed by atoms with Gasteiger partial charge in [0.1, 0.15) is 5.82 Å². The number of hydrogen-bond acceptors (Lipinski definition) is 4. The number of para-hydroxylation sites is 1. The van der Waals surface area contributed by atoms with Crippen molar-refractivity contribution in [3.63, 3.8) is 0 Å². The summed E-state index contributed by atoms with van der Waals surface area (Å²) >= 11 is 1.63. The summed E-state index contributed by atoms with van der Waals surface area (Å²) in [6.07, 6.45) is 0.620. The number of carbonyl (C=O) groups excluding carboxylic acids is 1. The molecule has 3 rings (SSSR count). The first-order chi connectivity index (χ1) is 11.5. The highest BCUT2D eigenvalue weighted by Gasteiger charge is 2.24. The second-order valence-electron chi connectivity index (χ2n) is 5.50. The Kier molecular flexibility index (Phi) is 4.80. The Morgan fingerprint density at radius 2 is 2.12 bits per heavy atom. The predicted molar refractivity (Wildman–Crippen MR) is 89.4 cm³/mol. The van der Waals surface area contributed by atoms with Crippen molar-refractivity contribution in [2.75, 3.05) is 5.75 Å². The van der Waals surface area contributed by atoms with Crippen LogP contribution in [-0.2, 0) is 11.2 Å². The van der Waals surface area contributed by atoms with Gasteiger partial charge in [0.15, 0.2) is 0 Å². The van der Waals surface area contributed by atoms with Crippen LogP contribution in [0.4, 0.5) is 10.1 Å². The molecule has 1 heterocycles. The molecule has 1 aliphatic heterocycles. The molecule has 1 aliphatic rings. The largest absolute Gasteiger partial charge is 0.349 e. The molecule has 7 heteroatoms. The van der Waals surface area contributed by atoms with E-state index in [1.807, 2.05) is 0 Å². The molecule has 1 atom stereocenters. The first kappa shape index (κ1) is 16.4. The molecule has 0 aliphatic carbocycles. The Labute approximate surface area is 142 Å². The molecule has 2 aromatic carbocycles. The van der Waals surface area contributed by atoms with Crippen molar-refractivity contribution in [3.05, 3.63) is 69.5 Å². The zero-order valence-corrected chi connectivity index (χ0v) is 13.5. The molecule has 0 saturated heterocycles. The average Bonchev–Trinajstić information content (AvgIpc) is 2.55. The van der Waals surface area contributed by atoms with E-state index in [1.54, 1.807) is 36.0 Å². The number of rotatable bonds is 4. The van der Waals surface area contributed by atoms with E-state index < -0.39 is 4.92 Å². The minimum absolute atomic E-state index is 0.0710. The van der Waals surface area contributed by atoms with E-state index in [1.165, 1.54) is 18.2 Å². The first-order valence-corrected chi connectivity index (χ1v) is 8.47. The van der Waals surface area contributed by atoms with Crippen LogP contribution in [0.15, 0.2) is 47.4 Å². The van der Waals surface area contributed by atoms with Gasteiger partial charge >= 0.3 is 0 Å². The van der Waals surface area contributed by atoms with Crippen LogP contribution in [0.3, 0.4) is 0 Å². The summed E-state index contributed by atoms with van der Waals surface area (Å²) in [4.78, 5) is 23.8. The number of nitrogens with zero attached hydrogens (tertiary/aromatic N) is 1. The molecular weight excluding hydrogens is 331 g/mol. The highest BCUT2D eigenvalue weighted by molar-refractivity contribution is 7.99. The van der Waals surface area contributed by atoms with Crippen LogP contribution in [0, 0.1) is 15.9 Å². The monoisotopic (exact) mass is 346 g/mol. The van der Waals surface area contributed by atoms with E-state index in [2.05, 4.69) is 5.32 Å². The van der Waals surface area contributed by atoms with Gasteiger partial charge in [-0.15, -0.1) is 11.8 Å². The van der Waals surface area contributed by atoms with Gasteiger partial charge < -0.3 is 5.32 Å². The van der Waals surface area contributed by atoms with Gasteiger partial charge in [-0.05, 0) is 30.2 Å². The Morgan fingerprint density at radius 1 is 1.33 bits per heavy atom. The summed E-state index contributed by atoms with van der Waals surface area (Å²) in [6.45, 7) is 0. The van der Waals surface area contributed by atoms with Crippen LogP contribution >= 0.6 is 11.8 Å². The van der Waals surface area contributed by atoms with Crippen molar-refractivity contribution in [1.29, 1.82) is 0 Å². The maximum absolute atomic E-state index is 13.5. The summed E-state index contributed by atoms with van der Waals surface area (Å²) in [5.41, 5.74) is 1.06. The zero-order valence-electron chi connectivity index (χ0n) is 12.7. The lowest BCUT2D eigenvalue weighted by Crippen LogP contribution is -2.32. The number of hydrogen-bond donors (Lipinski definition) is 1. The van der Waals surface area contributed by atoms with Gasteiger partial charge in [0.2, 0.25) is 5.91 Å². The fourth-order valence-corrected chi connectivity index (χ4v) is 3.88. The first-order valence-electron chi connectivity index (χ1n) is 7.48. The smallest absolute Gasteiger partial charge is 0.273 e. The summed E-state index contributed by atoms with van der Waals surface area (Å²) in [7, 11) is 0. The number of nitrogens with one attached hydrogen (secondary N) is 1. The van der Waals surface area contributed by atoms with Crippen LogP contribution in [0.1, 0.15) is 23.6 Å². The Bertz CT molecular complexity index is 797. The maximum atomic E-state index is 13.5. The lowest BCUT2D eigenvalue weighted by molar-refractivity contribution is -0.385. The number of fused-ring (bicyclic) bond motifs is 1. The van der Waals surface area contributed by atoms with Crippen molar-refractivity contribution in [2.24, 2.45) is 0 Å². The molecule has 0 aromatic heterocycles. The van der Waals surface area contributed by atoms with Gasteiger partial charge in [-0.25, -0.2) is 4.39 Å². The van der Waals surface area contributed by atoms with Crippen LogP contribution in [0.5, 0.6) is 0 Å². The lowest BCUT2D eigenvalue weighted by atomic mass is 10.0. The second kappa shape index (κ2) is 7.00. The number of thioether (sulfide) groups is 1. The summed E-state index contributed by atoms with van der Waals surface area (Å²) < 4.78 is 13.5. The molecule has 5 nitrogen and oxygen atoms in total. The molecule has 0 saturated carbocycles. The van der Waals surface area contributed by atoms with Gasteiger partial charge in [0.25, 0.3) is 5.69 Å². The third-order valence-corrected chi connectivity index (χ3v) is 5.01. The number of nitro benzene ring substituents is 1. The molecule has 0 radical (unpaired) electrons. The molecule has 124 valence electrons. The van der Waals surface area contributed by atoms with Crippen molar-refractivity contribution in [3.8, 4) is 0 Å². The van der Waals surface area contributed by atoms with Gasteiger partial charge in [0.05, 0.1) is 17.4 Å². The highest BCUT2D eigenvalue weighted by Crippen LogP contribution is 2.36. The van der Waals surface area contributed by atoms with Crippen LogP contribution in [0.2, 0.25) is 0 Å². The minimum atomic E-state index is -0.495. The predicted octanol–water partition coefficient (Wildman–Crippen LogP) is 3.63. The molecule has 0 fully saturated rings. The molecule has 2 aromatic rings. The molecule has 0 spiro atoms. The van der Waals surface area contributed by atoms with Crippen LogP contribution in [0.25, 0.3) is 0 Å². The SMILES string of the molecule is O=C(Cc1ccccc1[N+](=O)[O-])NC1CCSc2ccc(F)cc21. The van der Waals surface area contributed by atoms with E-state index >= 15 is 0 Å². The fourth-order valence-electron chi connectivity index (χ4n) is 2.77. The van der Waals surface area contributed by atoms with Gasteiger partial charge in [-0.3, -0.25) is 14.9 Å². The van der Waals surface area contributed by atoms with Crippen molar-refractivity contribution in [2.45, 2.75) is 23.8 Å². The number of carbonyl (C=O) groups is 1. The van der Waals surface area contributed by atoms with E-state index in [4.69, 9.17) is 0 Å². The van der Waals surface area contributed by atoms with E-state index in [-0.39, 0.29) is 29.9 Å². The third-order valence-electron chi connectivity index (χ3n) is 3.89. The average molecular weight is 346 g/mol. The molecule has 24 heavy (non-hydrogen) atoms. The highest BCUT2D eigenvalue weighted by atomic mass is 32.2. The molecule has 1 N–H and O–H groups in total. The quantitative estimate of drug-likeness (QED) is 0.678. The number of benzene rings is 2. The topological polar surface area (TPSA) is 72.2 Å². The third kappa shape index (κ3) is 3.56. The minimum Gasteiger partial charge on any atom is -0.349 e. The van der Waals surface area contributed by atoms with Crippen LogP contribution < -0.4 is 5.32 Å². The Morgan fingerprint density at radius 3 is 2.92 bits per heavy atom. The Hall–Kier alpha value is -2.41. The van der Waals surface area contributed by atoms with E-state index in [9.17, 15) is 19.3 Å². The maximum Gasteiger partial charge on any atom is 0.273 e. The van der Waals surface area contributed by atoms with Gasteiger partial charge in [0, 0.05) is 22.3 Å². The standard InChI is InChI=1S/C17H15FN2O3S/c18-12-5-6-16-13(10-12)14(7-8-24-16)19-17(21)9-11-3-1-2-4-15(11)20(22)23/h1-6,10,14H,7-9H2,(H,19,21). The number of nitro groups is 1. The zero-order chi connectivity index (χ0) is 17.1. The van der Waals surface area contributed by atoms with Crippen molar-refractivity contribution >= 4 is 23.4 Å². The normalized spacial score (nSPS) is 16.3. The molecule has 0 bridgehead atoms. The summed E-state index contributed by atoms with van der Waals surface area (Å²) in [6, 6.07) is 10.5. The molecular formula is C17H15FN2O3S. The van der Waals surface area contributed by atoms with Crippen molar-refractivity contribution in [1.82, 2.24) is 5.32 Å². The molecule has 1 amide bonds. The van der Waals surface area contributed by atoms with Crippen LogP contribution in [-0.4, -0.2) is 16.6 Å². The molecule has 1 unspecified atom stereocenters. The number of amides is 1. The van der Waals surface area contributed by atoms with E-state index in [0.29, 0.717) is 12.0 Å². The Balaban J connectivity index is 1.75. The van der Waals surface area contributed by atoms with Gasteiger partial charge in [-0.2, -0.15) is 0 Å². The fraction of sp³-hybridized carbons (Fsp3) is 0.235. The van der Waals surface area contributed by atoms with Crippen molar-refractivity contribution < 1.29 is 14.1 Å². The second-order valence-corrected chi connectivity index (χ2v) is 6.64. The van der Waals surface area contributed by atoms with E-state index in [0.717, 1.165) is 16.2 Å². The lowest BCUT2D eigenvalue weighted by Gasteiger charge is -2.26. The number of halogens is 1.